The van der Waals surface area contributed by atoms with Gasteiger partial charge < -0.3 is 10.4 Å². The minimum atomic E-state index is 0.124. The molecule has 5 nitrogen and oxygen atoms in total. The van der Waals surface area contributed by atoms with Crippen molar-refractivity contribution in [3.63, 3.8) is 0 Å². The van der Waals surface area contributed by atoms with Crippen molar-refractivity contribution in [2.24, 2.45) is 5.16 Å². The van der Waals surface area contributed by atoms with Gasteiger partial charge in [0.1, 0.15) is 11.8 Å². The van der Waals surface area contributed by atoms with Crippen LogP contribution in [0.15, 0.2) is 5.16 Å². The minimum absolute atomic E-state index is 0.124. The van der Waals surface area contributed by atoms with E-state index in [1.807, 2.05) is 6.92 Å². The van der Waals surface area contributed by atoms with Gasteiger partial charge in [0.2, 0.25) is 0 Å². The van der Waals surface area contributed by atoms with Gasteiger partial charge in [-0.15, -0.1) is 0 Å². The Morgan fingerprint density at radius 2 is 1.89 bits per heavy atom. The normalized spacial score (nSPS) is 25.5. The molecule has 1 saturated carbocycles. The highest BCUT2D eigenvalue weighted by Crippen LogP contribution is 2.27. The van der Waals surface area contributed by atoms with Crippen LogP contribution in [0.5, 0.6) is 0 Å². The number of hydrogen-bond acceptors (Lipinski definition) is 3. The lowest BCUT2D eigenvalue weighted by Gasteiger charge is -2.22. The topological polar surface area (TPSA) is 61.6 Å². The Morgan fingerprint density at radius 1 is 1.16 bits per heavy atom. The van der Waals surface area contributed by atoms with Crippen molar-refractivity contribution < 1.29 is 15.0 Å². The van der Waals surface area contributed by atoms with Crippen LogP contribution in [0.4, 0.5) is 0 Å². The van der Waals surface area contributed by atoms with Crippen molar-refractivity contribution in [2.75, 3.05) is 0 Å². The summed E-state index contributed by atoms with van der Waals surface area (Å²) in [5.41, 5.74) is 3.14. The van der Waals surface area contributed by atoms with Crippen molar-refractivity contribution in [1.82, 2.24) is 4.73 Å². The van der Waals surface area contributed by atoms with E-state index in [4.69, 9.17) is 0 Å². The third kappa shape index (κ3) is 1.91. The predicted molar refractivity (Wildman–Crippen MR) is 69.9 cm³/mol. The molecule has 0 amide bonds. The first-order valence-electron chi connectivity index (χ1n) is 7.28. The van der Waals surface area contributed by atoms with E-state index in [0.29, 0.717) is 0 Å². The summed E-state index contributed by atoms with van der Waals surface area (Å²) >= 11 is 0. The second kappa shape index (κ2) is 4.87. The Balaban J connectivity index is 2.09. The molecule has 1 heterocycles. The van der Waals surface area contributed by atoms with E-state index in [9.17, 15) is 10.4 Å². The molecule has 19 heavy (non-hydrogen) atoms. The fourth-order valence-electron chi connectivity index (χ4n) is 3.64. The maximum Gasteiger partial charge on any atom is 0.294 e. The maximum absolute atomic E-state index is 10.2. The lowest BCUT2D eigenvalue weighted by molar-refractivity contribution is -0.721. The van der Waals surface area contributed by atoms with Crippen LogP contribution in [0, 0.1) is 6.92 Å². The summed E-state index contributed by atoms with van der Waals surface area (Å²) in [5.74, 6) is 0.861. The molecule has 1 aromatic rings. The van der Waals surface area contributed by atoms with Crippen LogP contribution in [0.25, 0.3) is 0 Å². The number of nitrogens with zero attached hydrogens (tertiary/aromatic N) is 3. The number of hydrogen-bond donors (Lipinski definition) is 2. The van der Waals surface area contributed by atoms with Crippen LogP contribution in [-0.4, -0.2) is 20.9 Å². The summed E-state index contributed by atoms with van der Waals surface area (Å²) in [6.07, 6.45) is 8.38. The van der Waals surface area contributed by atoms with E-state index in [0.717, 1.165) is 62.2 Å². The molecule has 0 aromatic carbocycles. The molecule has 104 valence electrons. The molecule has 3 rings (SSSR count). The van der Waals surface area contributed by atoms with Crippen LogP contribution in [-0.2, 0) is 12.8 Å². The Labute approximate surface area is 113 Å². The third-order valence-electron chi connectivity index (χ3n) is 4.60. The van der Waals surface area contributed by atoms with Gasteiger partial charge >= 0.3 is 0 Å². The standard InChI is InChI=1S/C14H21N3O2/c1-10-16(12-7-3-2-6-11(12)15-18)13-8-4-5-9-14(13)17(10)19/h12H,2-9H2,1H3,(H-,18,19)/p+1/b15-11+. The summed E-state index contributed by atoms with van der Waals surface area (Å²) < 4.78 is 3.56. The second-order valence-electron chi connectivity index (χ2n) is 5.68. The van der Waals surface area contributed by atoms with Crippen molar-refractivity contribution in [3.8, 4) is 0 Å². The first-order valence-corrected chi connectivity index (χ1v) is 7.28. The fourth-order valence-corrected chi connectivity index (χ4v) is 3.64. The Morgan fingerprint density at radius 3 is 2.68 bits per heavy atom. The van der Waals surface area contributed by atoms with Crippen molar-refractivity contribution in [3.05, 3.63) is 17.2 Å². The summed E-state index contributed by atoms with van der Waals surface area (Å²) in [6, 6.07) is 0.124. The summed E-state index contributed by atoms with van der Waals surface area (Å²) in [4.78, 5) is 0. The molecule has 2 aliphatic carbocycles. The van der Waals surface area contributed by atoms with E-state index in [1.165, 1.54) is 16.8 Å². The molecule has 0 aliphatic heterocycles. The SMILES string of the molecule is Cc1n(O)c2c([n+]1C1CCCC/C1=N\O)CCCC2. The molecule has 1 unspecified atom stereocenters. The molecule has 2 aliphatic rings. The molecule has 1 atom stereocenters. The Hall–Kier alpha value is -1.52. The lowest BCUT2D eigenvalue weighted by Crippen LogP contribution is -2.49. The van der Waals surface area contributed by atoms with Gasteiger partial charge in [0, 0.05) is 19.8 Å². The maximum atomic E-state index is 10.2. The van der Waals surface area contributed by atoms with Crippen molar-refractivity contribution >= 4 is 5.71 Å². The van der Waals surface area contributed by atoms with E-state index < -0.39 is 0 Å². The van der Waals surface area contributed by atoms with E-state index in [2.05, 4.69) is 9.72 Å². The zero-order chi connectivity index (χ0) is 13.4. The van der Waals surface area contributed by atoms with Crippen LogP contribution in [0.3, 0.4) is 0 Å². The van der Waals surface area contributed by atoms with Gasteiger partial charge in [-0.1, -0.05) is 5.16 Å². The first-order chi connectivity index (χ1) is 9.24. The quantitative estimate of drug-likeness (QED) is 0.353. The Kier molecular flexibility index (Phi) is 3.21. The van der Waals surface area contributed by atoms with Gasteiger partial charge in [-0.3, -0.25) is 0 Å². The van der Waals surface area contributed by atoms with Gasteiger partial charge in [0.15, 0.2) is 11.4 Å². The number of rotatable bonds is 1. The zero-order valence-electron chi connectivity index (χ0n) is 11.5. The average molecular weight is 264 g/mol. The van der Waals surface area contributed by atoms with Crippen molar-refractivity contribution in [1.29, 1.82) is 0 Å². The summed E-state index contributed by atoms with van der Waals surface area (Å²) in [6.45, 7) is 1.95. The van der Waals surface area contributed by atoms with Gasteiger partial charge in [0.25, 0.3) is 5.82 Å². The second-order valence-corrected chi connectivity index (χ2v) is 5.68. The van der Waals surface area contributed by atoms with Gasteiger partial charge in [-0.05, 0) is 43.3 Å². The monoisotopic (exact) mass is 264 g/mol. The minimum Gasteiger partial charge on any atom is -0.411 e. The van der Waals surface area contributed by atoms with E-state index >= 15 is 0 Å². The highest BCUT2D eigenvalue weighted by Gasteiger charge is 2.37. The van der Waals surface area contributed by atoms with E-state index in [-0.39, 0.29) is 6.04 Å². The van der Waals surface area contributed by atoms with Crippen LogP contribution in [0.2, 0.25) is 0 Å². The molecular formula is C14H22N3O2+. The number of fused-ring (bicyclic) bond motifs is 1. The molecule has 1 fully saturated rings. The smallest absolute Gasteiger partial charge is 0.294 e. The molecule has 1 aromatic heterocycles. The molecule has 0 radical (unpaired) electrons. The molecule has 0 bridgehead atoms. The zero-order valence-corrected chi connectivity index (χ0v) is 11.5. The van der Waals surface area contributed by atoms with Crippen LogP contribution < -0.4 is 4.57 Å². The Bertz CT molecular complexity index is 519. The molecular weight excluding hydrogens is 242 g/mol. The summed E-state index contributed by atoms with van der Waals surface area (Å²) in [7, 11) is 0. The van der Waals surface area contributed by atoms with Gasteiger partial charge in [0.05, 0.1) is 0 Å². The number of imidazole rings is 1. The van der Waals surface area contributed by atoms with Crippen LogP contribution in [0.1, 0.15) is 61.8 Å². The van der Waals surface area contributed by atoms with E-state index in [1.54, 1.807) is 0 Å². The van der Waals surface area contributed by atoms with Crippen molar-refractivity contribution in [2.45, 2.75) is 64.3 Å². The van der Waals surface area contributed by atoms with Crippen LogP contribution >= 0.6 is 0 Å². The molecule has 5 heteroatoms. The lowest BCUT2D eigenvalue weighted by atomic mass is 9.92. The van der Waals surface area contributed by atoms with Gasteiger partial charge in [-0.2, -0.15) is 0 Å². The molecule has 0 spiro atoms. The summed E-state index contributed by atoms with van der Waals surface area (Å²) in [5, 5.41) is 23.0. The predicted octanol–water partition coefficient (Wildman–Crippen LogP) is 2.15. The molecule has 0 saturated heterocycles. The highest BCUT2D eigenvalue weighted by atomic mass is 16.5. The van der Waals surface area contributed by atoms with Gasteiger partial charge in [-0.25, -0.2) is 4.57 Å². The average Bonchev–Trinajstić information content (AvgIpc) is 2.71. The molecule has 2 N–H and O–H groups in total. The number of aromatic nitrogens is 2. The third-order valence-corrected chi connectivity index (χ3v) is 4.60. The first kappa shape index (κ1) is 12.5. The largest absolute Gasteiger partial charge is 0.411 e. The fraction of sp³-hybridized carbons (Fsp3) is 0.714. The number of oxime groups is 1. The highest BCUT2D eigenvalue weighted by molar-refractivity contribution is 5.86.